The zero-order chi connectivity index (χ0) is 11.2. The van der Waals surface area contributed by atoms with Gasteiger partial charge in [-0.05, 0) is 37.1 Å². The fourth-order valence-electron chi connectivity index (χ4n) is 1.50. The Labute approximate surface area is 95.7 Å². The highest BCUT2D eigenvalue weighted by atomic mass is 32.1. The van der Waals surface area contributed by atoms with Gasteiger partial charge < -0.3 is 4.90 Å². The molecule has 1 atom stereocenters. The highest BCUT2D eigenvalue weighted by molar-refractivity contribution is 7.80. The Morgan fingerprint density at radius 3 is 2.21 bits per heavy atom. The largest absolute Gasteiger partial charge is 0.306 e. The molecule has 0 saturated carbocycles. The van der Waals surface area contributed by atoms with Gasteiger partial charge in [0, 0.05) is 6.54 Å². The molecule has 86 valence electrons. The summed E-state index contributed by atoms with van der Waals surface area (Å²) in [6.45, 7) is 11.6. The van der Waals surface area contributed by atoms with Crippen LogP contribution in [-0.2, 0) is 0 Å². The van der Waals surface area contributed by atoms with E-state index in [0.29, 0.717) is 11.3 Å². The van der Waals surface area contributed by atoms with E-state index in [2.05, 4.69) is 52.3 Å². The van der Waals surface area contributed by atoms with Crippen molar-refractivity contribution in [1.29, 1.82) is 0 Å². The Hall–Kier alpha value is 0.310. The zero-order valence-electron chi connectivity index (χ0n) is 10.5. The van der Waals surface area contributed by atoms with Crippen LogP contribution in [0.25, 0.3) is 0 Å². The number of hydrogen-bond donors (Lipinski definition) is 1. The minimum Gasteiger partial charge on any atom is -0.306 e. The molecule has 0 aromatic carbocycles. The third-order valence-electron chi connectivity index (χ3n) is 2.87. The van der Waals surface area contributed by atoms with E-state index in [1.807, 2.05) is 0 Å². The van der Waals surface area contributed by atoms with Crippen LogP contribution in [0, 0.1) is 11.3 Å². The van der Waals surface area contributed by atoms with Crippen molar-refractivity contribution >= 4 is 12.6 Å². The van der Waals surface area contributed by atoms with Gasteiger partial charge in [0.25, 0.3) is 0 Å². The second kappa shape index (κ2) is 6.73. The predicted octanol–water partition coefficient (Wildman–Crippen LogP) is 3.31. The van der Waals surface area contributed by atoms with Gasteiger partial charge in [-0.2, -0.15) is 12.6 Å². The first-order valence-electron chi connectivity index (χ1n) is 5.71. The number of hydrogen-bond acceptors (Lipinski definition) is 2. The summed E-state index contributed by atoms with van der Waals surface area (Å²) >= 11 is 4.45. The summed E-state index contributed by atoms with van der Waals surface area (Å²) in [7, 11) is 2.22. The number of nitrogens with zero attached hydrogens (tertiary/aromatic N) is 1. The van der Waals surface area contributed by atoms with Crippen LogP contribution < -0.4 is 0 Å². The summed E-state index contributed by atoms with van der Waals surface area (Å²) in [5, 5.41) is 0. The molecule has 0 amide bonds. The smallest absolute Gasteiger partial charge is 0.00194 e. The molecule has 0 aliphatic heterocycles. The van der Waals surface area contributed by atoms with Crippen LogP contribution in [0.15, 0.2) is 0 Å². The van der Waals surface area contributed by atoms with E-state index >= 15 is 0 Å². The minimum atomic E-state index is 0.377. The van der Waals surface area contributed by atoms with Gasteiger partial charge in [0.2, 0.25) is 0 Å². The van der Waals surface area contributed by atoms with Gasteiger partial charge in [-0.1, -0.05) is 34.1 Å². The van der Waals surface area contributed by atoms with Crippen molar-refractivity contribution in [3.8, 4) is 0 Å². The van der Waals surface area contributed by atoms with Crippen LogP contribution in [-0.4, -0.2) is 30.8 Å². The third-order valence-corrected chi connectivity index (χ3v) is 3.31. The second-order valence-corrected chi connectivity index (χ2v) is 5.73. The first kappa shape index (κ1) is 14.3. The number of rotatable bonds is 6. The summed E-state index contributed by atoms with van der Waals surface area (Å²) in [5.74, 6) is 1.67. The lowest BCUT2D eigenvalue weighted by Gasteiger charge is -2.33. The molecule has 0 heterocycles. The molecule has 0 N–H and O–H groups in total. The Morgan fingerprint density at radius 2 is 1.86 bits per heavy atom. The molecule has 1 unspecified atom stereocenters. The van der Waals surface area contributed by atoms with E-state index in [4.69, 9.17) is 0 Å². The van der Waals surface area contributed by atoms with Gasteiger partial charge in [-0.3, -0.25) is 0 Å². The average Bonchev–Trinajstić information content (AvgIpc) is 2.08. The fraction of sp³-hybridized carbons (Fsp3) is 1.00. The molecule has 0 saturated heterocycles. The van der Waals surface area contributed by atoms with E-state index in [-0.39, 0.29) is 0 Å². The molecule has 0 rings (SSSR count). The quantitative estimate of drug-likeness (QED) is 0.668. The lowest BCUT2D eigenvalue weighted by Crippen LogP contribution is -2.34. The Balaban J connectivity index is 3.93. The molecule has 0 aromatic rings. The fourth-order valence-corrected chi connectivity index (χ4v) is 2.16. The first-order chi connectivity index (χ1) is 6.41. The van der Waals surface area contributed by atoms with Crippen LogP contribution in [0.4, 0.5) is 0 Å². The summed E-state index contributed by atoms with van der Waals surface area (Å²) in [6.07, 6.45) is 2.59. The lowest BCUT2D eigenvalue weighted by molar-refractivity contribution is 0.186. The van der Waals surface area contributed by atoms with Crippen LogP contribution >= 0.6 is 12.6 Å². The van der Waals surface area contributed by atoms with Gasteiger partial charge in [0.05, 0.1) is 0 Å². The summed E-state index contributed by atoms with van der Waals surface area (Å²) in [5.41, 5.74) is 0.377. The Bertz CT molecular complexity index is 140. The molecule has 0 bridgehead atoms. The first-order valence-corrected chi connectivity index (χ1v) is 6.34. The molecule has 0 aliphatic carbocycles. The minimum absolute atomic E-state index is 0.377. The van der Waals surface area contributed by atoms with Gasteiger partial charge >= 0.3 is 0 Å². The zero-order valence-corrected chi connectivity index (χ0v) is 11.4. The predicted molar refractivity (Wildman–Crippen MR) is 69.2 cm³/mol. The summed E-state index contributed by atoms with van der Waals surface area (Å²) in [6, 6.07) is 0. The van der Waals surface area contributed by atoms with Gasteiger partial charge in [-0.15, -0.1) is 0 Å². The van der Waals surface area contributed by atoms with E-state index in [1.165, 1.54) is 25.9 Å². The molecule has 1 nitrogen and oxygen atoms in total. The molecule has 0 aliphatic rings. The summed E-state index contributed by atoms with van der Waals surface area (Å²) < 4.78 is 0. The van der Waals surface area contributed by atoms with Crippen molar-refractivity contribution in [2.75, 3.05) is 25.9 Å². The van der Waals surface area contributed by atoms with Crippen molar-refractivity contribution < 1.29 is 0 Å². The molecule has 2 heteroatoms. The Morgan fingerprint density at radius 1 is 1.29 bits per heavy atom. The standard InChI is InChI=1S/C12H27NS/c1-6-7-8-13(5)9-11(10-14)12(2,3)4/h11,14H,6-10H2,1-5H3. The highest BCUT2D eigenvalue weighted by Crippen LogP contribution is 2.27. The van der Waals surface area contributed by atoms with Gasteiger partial charge in [-0.25, -0.2) is 0 Å². The lowest BCUT2D eigenvalue weighted by atomic mass is 9.81. The normalized spacial score (nSPS) is 14.8. The molecule has 0 radical (unpaired) electrons. The number of unbranched alkanes of at least 4 members (excludes halogenated alkanes) is 1. The van der Waals surface area contributed by atoms with Gasteiger partial charge in [0.15, 0.2) is 0 Å². The van der Waals surface area contributed by atoms with Crippen LogP contribution in [0.3, 0.4) is 0 Å². The van der Waals surface area contributed by atoms with Crippen molar-refractivity contribution in [1.82, 2.24) is 4.90 Å². The van der Waals surface area contributed by atoms with Crippen molar-refractivity contribution in [3.05, 3.63) is 0 Å². The van der Waals surface area contributed by atoms with Crippen LogP contribution in [0.5, 0.6) is 0 Å². The van der Waals surface area contributed by atoms with E-state index in [0.717, 1.165) is 5.75 Å². The third kappa shape index (κ3) is 5.92. The average molecular weight is 217 g/mol. The molecule has 0 aromatic heterocycles. The van der Waals surface area contributed by atoms with E-state index in [1.54, 1.807) is 0 Å². The number of thiol groups is 1. The highest BCUT2D eigenvalue weighted by Gasteiger charge is 2.24. The van der Waals surface area contributed by atoms with E-state index < -0.39 is 0 Å². The van der Waals surface area contributed by atoms with Crippen LogP contribution in [0.2, 0.25) is 0 Å². The van der Waals surface area contributed by atoms with Crippen molar-refractivity contribution in [3.63, 3.8) is 0 Å². The topological polar surface area (TPSA) is 3.24 Å². The van der Waals surface area contributed by atoms with E-state index in [9.17, 15) is 0 Å². The maximum Gasteiger partial charge on any atom is 0.00194 e. The molecule has 0 fully saturated rings. The van der Waals surface area contributed by atoms with Crippen molar-refractivity contribution in [2.45, 2.75) is 40.5 Å². The SMILES string of the molecule is CCCCN(C)CC(CS)C(C)(C)C. The molecule has 0 spiro atoms. The van der Waals surface area contributed by atoms with Crippen molar-refractivity contribution in [2.24, 2.45) is 11.3 Å². The Kier molecular flexibility index (Phi) is 6.88. The molecule has 14 heavy (non-hydrogen) atoms. The maximum atomic E-state index is 4.45. The monoisotopic (exact) mass is 217 g/mol. The molecular formula is C12H27NS. The summed E-state index contributed by atoms with van der Waals surface area (Å²) in [4.78, 5) is 2.44. The van der Waals surface area contributed by atoms with Crippen LogP contribution in [0.1, 0.15) is 40.5 Å². The van der Waals surface area contributed by atoms with Gasteiger partial charge in [0.1, 0.15) is 0 Å². The molecular weight excluding hydrogens is 190 g/mol. The second-order valence-electron chi connectivity index (χ2n) is 5.36. The maximum absolute atomic E-state index is 4.45.